The summed E-state index contributed by atoms with van der Waals surface area (Å²) in [5.74, 6) is 0.161. The van der Waals surface area contributed by atoms with E-state index in [0.29, 0.717) is 36.6 Å². The van der Waals surface area contributed by atoms with Gasteiger partial charge in [-0.25, -0.2) is 9.18 Å². The smallest absolute Gasteiger partial charge is 0.323 e. The molecule has 176 valence electrons. The van der Waals surface area contributed by atoms with Crippen molar-refractivity contribution in [1.82, 2.24) is 15.2 Å². The molecule has 9 nitrogen and oxygen atoms in total. The van der Waals surface area contributed by atoms with E-state index in [2.05, 4.69) is 15.2 Å². The van der Waals surface area contributed by atoms with E-state index in [1.165, 1.54) is 12.1 Å². The van der Waals surface area contributed by atoms with Gasteiger partial charge in [0.15, 0.2) is 11.6 Å². The number of carbonyl (C=O) groups is 2. The quantitative estimate of drug-likeness (QED) is 0.430. The Bertz CT molecular complexity index is 1390. The van der Waals surface area contributed by atoms with Crippen LogP contribution < -0.4 is 20.3 Å². The number of carbonyl (C=O) groups excluding carboxylic acids is 2. The van der Waals surface area contributed by atoms with Crippen molar-refractivity contribution in [2.45, 2.75) is 6.42 Å². The third-order valence-corrected chi connectivity index (χ3v) is 5.62. The molecule has 2 amide bonds. The number of Topliss-reactive ketones (excluding diaryl/α,β-unsaturated/α-hetero) is 1. The normalized spacial score (nSPS) is 13.2. The first kappa shape index (κ1) is 22.1. The van der Waals surface area contributed by atoms with Crippen LogP contribution >= 0.6 is 0 Å². The number of nitrogens with one attached hydrogen (secondary N) is 1. The number of amides is 2. The number of aromatic nitrogens is 3. The highest BCUT2D eigenvalue weighted by Crippen LogP contribution is 2.34. The van der Waals surface area contributed by atoms with Crippen LogP contribution in [-0.2, 0) is 4.79 Å². The van der Waals surface area contributed by atoms with Crippen LogP contribution in [0.4, 0.5) is 26.2 Å². The maximum absolute atomic E-state index is 15.2. The molecule has 1 aliphatic heterocycles. The second-order valence-electron chi connectivity index (χ2n) is 7.98. The van der Waals surface area contributed by atoms with E-state index in [9.17, 15) is 9.59 Å². The molecule has 0 bridgehead atoms. The molecule has 5 rings (SSSR count). The molecule has 0 radical (unpaired) electrons. The Kier molecular flexibility index (Phi) is 5.84. The second kappa shape index (κ2) is 9.26. The third-order valence-electron chi connectivity index (χ3n) is 5.62. The number of aromatic amines is 1. The number of hydrogen-bond donors (Lipinski definition) is 2. The summed E-state index contributed by atoms with van der Waals surface area (Å²) in [6, 6.07) is 13.6. The number of rotatable bonds is 6. The van der Waals surface area contributed by atoms with E-state index in [1.54, 1.807) is 55.0 Å². The number of nitrogens with zero attached hydrogens (tertiary/aromatic N) is 4. The predicted molar refractivity (Wildman–Crippen MR) is 128 cm³/mol. The molecule has 0 aliphatic carbocycles. The molecule has 35 heavy (non-hydrogen) atoms. The molecule has 0 spiro atoms. The average Bonchev–Trinajstić information content (AvgIpc) is 3.53. The summed E-state index contributed by atoms with van der Waals surface area (Å²) >= 11 is 0. The lowest BCUT2D eigenvalue weighted by Gasteiger charge is -2.24. The minimum atomic E-state index is -0.842. The molecule has 2 aromatic carbocycles. The molecule has 1 aliphatic rings. The van der Waals surface area contributed by atoms with Gasteiger partial charge in [0.2, 0.25) is 0 Å². The van der Waals surface area contributed by atoms with Crippen molar-refractivity contribution in [3.05, 3.63) is 79.0 Å². The van der Waals surface area contributed by atoms with Gasteiger partial charge >= 0.3 is 6.03 Å². The zero-order chi connectivity index (χ0) is 24.4. The predicted octanol–water partition coefficient (Wildman–Crippen LogP) is 4.40. The number of primary amides is 1. The summed E-state index contributed by atoms with van der Waals surface area (Å²) in [5, 5.41) is 6.63. The van der Waals surface area contributed by atoms with Gasteiger partial charge in [-0.2, -0.15) is 5.10 Å². The summed E-state index contributed by atoms with van der Waals surface area (Å²) in [4.78, 5) is 31.3. The van der Waals surface area contributed by atoms with E-state index in [1.807, 2.05) is 11.0 Å². The fourth-order valence-electron chi connectivity index (χ4n) is 3.96. The van der Waals surface area contributed by atoms with E-state index >= 15 is 4.39 Å². The first-order valence-corrected chi connectivity index (χ1v) is 10.9. The van der Waals surface area contributed by atoms with Crippen LogP contribution in [0.15, 0.2) is 73.2 Å². The van der Waals surface area contributed by atoms with Crippen molar-refractivity contribution in [3.63, 3.8) is 0 Å². The fraction of sp³-hybridized carbons (Fsp3) is 0.120. The van der Waals surface area contributed by atoms with Crippen molar-refractivity contribution >= 4 is 28.9 Å². The standard InChI is InChI=1S/C25H21FN6O3/c26-22-11-20(35-21-6-8-28-23(12-21)16-13-29-30-14-16)4-5-24(22)32(25(27)34)18-3-1-2-17(10-18)31-9-7-19(33)15-31/h1-6,8,10-14H,7,9,15H2,(H2,27,34)(H,29,30). The molecular weight excluding hydrogens is 451 g/mol. The number of anilines is 3. The van der Waals surface area contributed by atoms with Crippen molar-refractivity contribution < 1.29 is 18.7 Å². The lowest BCUT2D eigenvalue weighted by Crippen LogP contribution is -2.32. The van der Waals surface area contributed by atoms with Crippen molar-refractivity contribution in [3.8, 4) is 22.8 Å². The highest BCUT2D eigenvalue weighted by Gasteiger charge is 2.23. The zero-order valence-corrected chi connectivity index (χ0v) is 18.5. The average molecular weight is 472 g/mol. The van der Waals surface area contributed by atoms with Crippen LogP contribution in [0.2, 0.25) is 0 Å². The molecule has 3 N–H and O–H groups in total. The fourth-order valence-corrected chi connectivity index (χ4v) is 3.96. The molecule has 0 atom stereocenters. The van der Waals surface area contributed by atoms with E-state index < -0.39 is 11.8 Å². The number of ketones is 1. The van der Waals surface area contributed by atoms with Crippen molar-refractivity contribution in [2.75, 3.05) is 22.9 Å². The molecule has 10 heteroatoms. The third kappa shape index (κ3) is 4.67. The largest absolute Gasteiger partial charge is 0.457 e. The molecule has 0 unspecified atom stereocenters. The Balaban J connectivity index is 1.40. The highest BCUT2D eigenvalue weighted by molar-refractivity contribution is 5.99. The monoisotopic (exact) mass is 472 g/mol. The Labute approximate surface area is 200 Å². The lowest BCUT2D eigenvalue weighted by atomic mass is 10.2. The highest BCUT2D eigenvalue weighted by atomic mass is 19.1. The molecule has 1 saturated heterocycles. The van der Waals surface area contributed by atoms with Crippen LogP contribution in [0.5, 0.6) is 11.5 Å². The van der Waals surface area contributed by atoms with Crippen LogP contribution in [0.1, 0.15) is 6.42 Å². The van der Waals surface area contributed by atoms with Gasteiger partial charge in [0, 0.05) is 48.7 Å². The van der Waals surface area contributed by atoms with E-state index in [-0.39, 0.29) is 17.2 Å². The summed E-state index contributed by atoms with van der Waals surface area (Å²) < 4.78 is 21.0. The van der Waals surface area contributed by atoms with E-state index in [4.69, 9.17) is 10.5 Å². The van der Waals surface area contributed by atoms with Gasteiger partial charge in [0.1, 0.15) is 11.5 Å². The minimum Gasteiger partial charge on any atom is -0.457 e. The van der Waals surface area contributed by atoms with E-state index in [0.717, 1.165) is 16.2 Å². The second-order valence-corrected chi connectivity index (χ2v) is 7.98. The van der Waals surface area contributed by atoms with Crippen LogP contribution in [0, 0.1) is 5.82 Å². The molecule has 2 aromatic heterocycles. The number of H-pyrrole nitrogens is 1. The number of urea groups is 1. The van der Waals surface area contributed by atoms with Gasteiger partial charge in [-0.1, -0.05) is 6.07 Å². The molecular formula is C25H21FN6O3. The van der Waals surface area contributed by atoms with Crippen LogP contribution in [-0.4, -0.2) is 40.1 Å². The van der Waals surface area contributed by atoms with Gasteiger partial charge in [-0.05, 0) is 36.4 Å². The first-order chi connectivity index (χ1) is 17.0. The van der Waals surface area contributed by atoms with Gasteiger partial charge in [-0.15, -0.1) is 0 Å². The number of hydrogen-bond acceptors (Lipinski definition) is 6. The van der Waals surface area contributed by atoms with Gasteiger partial charge in [-0.3, -0.25) is 19.8 Å². The number of halogens is 1. The number of pyridine rings is 1. The Morgan fingerprint density at radius 1 is 1.14 bits per heavy atom. The van der Waals surface area contributed by atoms with Crippen LogP contribution in [0.25, 0.3) is 11.3 Å². The number of ether oxygens (including phenoxy) is 1. The Morgan fingerprint density at radius 3 is 2.71 bits per heavy atom. The summed E-state index contributed by atoms with van der Waals surface area (Å²) in [7, 11) is 0. The molecule has 3 heterocycles. The molecule has 1 fully saturated rings. The summed E-state index contributed by atoms with van der Waals surface area (Å²) in [6.07, 6.45) is 5.39. The SMILES string of the molecule is NC(=O)N(c1cccc(N2CCC(=O)C2)c1)c1ccc(Oc2ccnc(-c3cn[nH]c3)c2)cc1F. The van der Waals surface area contributed by atoms with Gasteiger partial charge < -0.3 is 15.4 Å². The van der Waals surface area contributed by atoms with Crippen molar-refractivity contribution in [1.29, 1.82) is 0 Å². The van der Waals surface area contributed by atoms with Crippen LogP contribution in [0.3, 0.4) is 0 Å². The lowest BCUT2D eigenvalue weighted by molar-refractivity contribution is -0.116. The molecule has 0 saturated carbocycles. The Morgan fingerprint density at radius 2 is 2.00 bits per heavy atom. The van der Waals surface area contributed by atoms with Crippen molar-refractivity contribution in [2.24, 2.45) is 5.73 Å². The Hall–Kier alpha value is -4.73. The maximum Gasteiger partial charge on any atom is 0.323 e. The minimum absolute atomic E-state index is 0.0201. The maximum atomic E-state index is 15.2. The van der Waals surface area contributed by atoms with Gasteiger partial charge in [0.05, 0.1) is 29.8 Å². The zero-order valence-electron chi connectivity index (χ0n) is 18.5. The first-order valence-electron chi connectivity index (χ1n) is 10.9. The number of nitrogens with two attached hydrogens (primary N) is 1. The summed E-state index contributed by atoms with van der Waals surface area (Å²) in [6.45, 7) is 0.897. The summed E-state index contributed by atoms with van der Waals surface area (Å²) in [5.41, 5.74) is 8.18. The topological polar surface area (TPSA) is 117 Å². The van der Waals surface area contributed by atoms with Gasteiger partial charge in [0.25, 0.3) is 0 Å². The molecule has 4 aromatic rings. The number of benzene rings is 2.